The molecule has 0 rings (SSSR count). The summed E-state index contributed by atoms with van der Waals surface area (Å²) in [5.74, 6) is -2.36. The molecule has 0 saturated heterocycles. The first-order valence-electron chi connectivity index (χ1n) is 21.1. The van der Waals surface area contributed by atoms with Gasteiger partial charge < -0.3 is 25.2 Å². The largest absolute Gasteiger partial charge is 0.480 e. The summed E-state index contributed by atoms with van der Waals surface area (Å²) in [6, 6.07) is -1.52. The van der Waals surface area contributed by atoms with E-state index >= 15 is 0 Å². The van der Waals surface area contributed by atoms with E-state index in [9.17, 15) is 23.8 Å². The number of hydrogen-bond acceptors (Lipinski definition) is 9. The highest BCUT2D eigenvalue weighted by Crippen LogP contribution is 2.43. The Balaban J connectivity index is 4.34. The van der Waals surface area contributed by atoms with E-state index in [0.717, 1.165) is 38.5 Å². The zero-order valence-corrected chi connectivity index (χ0v) is 34.1. The summed E-state index contributed by atoms with van der Waals surface area (Å²) in [6.07, 6.45) is 33.1. The second kappa shape index (κ2) is 36.5. The molecule has 0 aliphatic carbocycles. The molecule has 0 bridgehead atoms. The van der Waals surface area contributed by atoms with Gasteiger partial charge in [-0.1, -0.05) is 181 Å². The topological polar surface area (TPSA) is 172 Å². The fourth-order valence-electron chi connectivity index (χ4n) is 6.01. The number of ether oxygens (including phenoxy) is 2. The van der Waals surface area contributed by atoms with Gasteiger partial charge in [0.15, 0.2) is 6.10 Å². The molecule has 0 aliphatic heterocycles. The Bertz CT molecular complexity index is 906. The molecule has 12 heteroatoms. The van der Waals surface area contributed by atoms with Crippen molar-refractivity contribution in [1.82, 2.24) is 0 Å². The van der Waals surface area contributed by atoms with E-state index in [0.29, 0.717) is 12.8 Å². The molecule has 0 aliphatic rings. The van der Waals surface area contributed by atoms with E-state index in [4.69, 9.17) is 24.8 Å². The van der Waals surface area contributed by atoms with Crippen LogP contribution in [0.25, 0.3) is 0 Å². The molecule has 11 nitrogen and oxygen atoms in total. The van der Waals surface area contributed by atoms with Crippen LogP contribution in [-0.2, 0) is 37.5 Å². The molecule has 3 atom stereocenters. The molecule has 3 unspecified atom stereocenters. The van der Waals surface area contributed by atoms with Gasteiger partial charge in [-0.15, -0.1) is 0 Å². The van der Waals surface area contributed by atoms with Crippen LogP contribution in [0.4, 0.5) is 0 Å². The number of carboxylic acids is 1. The Labute approximate surface area is 316 Å². The highest BCUT2D eigenvalue weighted by atomic mass is 31.2. The van der Waals surface area contributed by atoms with E-state index in [1.165, 1.54) is 128 Å². The molecule has 0 aromatic carbocycles. The van der Waals surface area contributed by atoms with Crippen molar-refractivity contribution in [3.05, 3.63) is 0 Å². The lowest BCUT2D eigenvalue weighted by Gasteiger charge is -2.20. The molecule has 0 aromatic rings. The minimum atomic E-state index is -4.70. The number of carboxylic acid groups (broad SMARTS) is 1. The number of phosphoric ester groups is 1. The zero-order valence-electron chi connectivity index (χ0n) is 33.2. The van der Waals surface area contributed by atoms with Crippen LogP contribution in [0.15, 0.2) is 0 Å². The van der Waals surface area contributed by atoms with Gasteiger partial charge in [-0.05, 0) is 12.8 Å². The van der Waals surface area contributed by atoms with Crippen LogP contribution in [0.3, 0.4) is 0 Å². The lowest BCUT2D eigenvalue weighted by molar-refractivity contribution is -0.161. The number of hydrogen-bond donors (Lipinski definition) is 3. The number of phosphoric acid groups is 1. The normalized spacial score (nSPS) is 13.8. The first kappa shape index (κ1) is 50.5. The Morgan fingerprint density at radius 2 is 0.846 bits per heavy atom. The minimum absolute atomic E-state index is 0.169. The highest BCUT2D eigenvalue weighted by Gasteiger charge is 2.28. The summed E-state index contributed by atoms with van der Waals surface area (Å²) in [7, 11) is -4.70. The molecule has 4 N–H and O–H groups in total. The van der Waals surface area contributed by atoms with Gasteiger partial charge in [0.1, 0.15) is 12.6 Å². The van der Waals surface area contributed by atoms with Gasteiger partial charge in [0.2, 0.25) is 0 Å². The van der Waals surface area contributed by atoms with Crippen molar-refractivity contribution in [3.8, 4) is 0 Å². The molecule has 0 radical (unpaired) electrons. The van der Waals surface area contributed by atoms with Crippen LogP contribution in [0, 0.1) is 0 Å². The summed E-state index contributed by atoms with van der Waals surface area (Å²) in [6.45, 7) is 2.82. The molecular weight excluding hydrogens is 685 g/mol. The summed E-state index contributed by atoms with van der Waals surface area (Å²) in [5, 5.41) is 8.87. The number of carbonyl (C=O) groups is 3. The third-order valence-corrected chi connectivity index (χ3v) is 10.3. The van der Waals surface area contributed by atoms with E-state index < -0.39 is 51.1 Å². The number of nitrogens with two attached hydrogens (primary N) is 1. The molecular formula is C40H78NO10P. The molecule has 308 valence electrons. The maximum absolute atomic E-state index is 12.6. The molecule has 0 aromatic heterocycles. The zero-order chi connectivity index (χ0) is 38.5. The second-order valence-corrected chi connectivity index (χ2v) is 15.9. The van der Waals surface area contributed by atoms with Gasteiger partial charge in [-0.3, -0.25) is 23.4 Å². The Kier molecular flexibility index (Phi) is 35.4. The van der Waals surface area contributed by atoms with Gasteiger partial charge in [0.25, 0.3) is 0 Å². The fourth-order valence-corrected chi connectivity index (χ4v) is 6.79. The number of aliphatic carboxylic acids is 1. The van der Waals surface area contributed by atoms with Crippen molar-refractivity contribution in [2.45, 2.75) is 219 Å². The predicted octanol–water partition coefficient (Wildman–Crippen LogP) is 10.7. The Hall–Kier alpha value is -1.52. The summed E-state index contributed by atoms with van der Waals surface area (Å²) >= 11 is 0. The van der Waals surface area contributed by atoms with Gasteiger partial charge in [0.05, 0.1) is 13.2 Å². The molecule has 0 heterocycles. The average Bonchev–Trinajstić information content (AvgIpc) is 3.12. The van der Waals surface area contributed by atoms with Crippen molar-refractivity contribution in [2.75, 3.05) is 19.8 Å². The third kappa shape index (κ3) is 35.5. The quantitative estimate of drug-likeness (QED) is 0.0308. The fraction of sp³-hybridized carbons (Fsp3) is 0.925. The van der Waals surface area contributed by atoms with Gasteiger partial charge in [-0.2, -0.15) is 0 Å². The van der Waals surface area contributed by atoms with Crippen LogP contribution in [0.2, 0.25) is 0 Å². The van der Waals surface area contributed by atoms with Crippen molar-refractivity contribution in [2.24, 2.45) is 5.73 Å². The van der Waals surface area contributed by atoms with E-state index in [-0.39, 0.29) is 19.4 Å². The smallest absolute Gasteiger partial charge is 0.472 e. The standard InChI is InChI=1S/C40H78NO10P/c1-3-5-7-9-11-13-15-17-18-19-20-22-24-26-28-30-32-39(43)51-36(34-49-52(46,47)50-35-37(41)40(44)45)33-48-38(42)31-29-27-25-23-21-16-14-12-10-8-6-4-2/h36-37H,3-35,41H2,1-2H3,(H,44,45)(H,46,47). The summed E-state index contributed by atoms with van der Waals surface area (Å²) < 4.78 is 32.6. The molecule has 0 amide bonds. The minimum Gasteiger partial charge on any atom is -0.480 e. The predicted molar refractivity (Wildman–Crippen MR) is 208 cm³/mol. The van der Waals surface area contributed by atoms with Crippen molar-refractivity contribution in [3.63, 3.8) is 0 Å². The number of rotatable bonds is 40. The van der Waals surface area contributed by atoms with Crippen LogP contribution in [0.1, 0.15) is 206 Å². The van der Waals surface area contributed by atoms with Gasteiger partial charge in [-0.25, -0.2) is 4.57 Å². The third-order valence-electron chi connectivity index (χ3n) is 9.36. The average molecular weight is 764 g/mol. The molecule has 0 saturated carbocycles. The SMILES string of the molecule is CCCCCCCCCCCCCCCCCCC(=O)OC(COC(=O)CCCCCCCCCCCCCC)COP(=O)(O)OCC(N)C(=O)O. The lowest BCUT2D eigenvalue weighted by Crippen LogP contribution is -2.34. The van der Waals surface area contributed by atoms with E-state index in [1.54, 1.807) is 0 Å². The number of esters is 2. The van der Waals surface area contributed by atoms with Crippen LogP contribution >= 0.6 is 7.82 Å². The summed E-state index contributed by atoms with van der Waals surface area (Å²) in [5.41, 5.74) is 5.32. The van der Waals surface area contributed by atoms with Crippen molar-refractivity contribution in [1.29, 1.82) is 0 Å². The second-order valence-electron chi connectivity index (χ2n) is 14.5. The molecule has 0 spiro atoms. The maximum atomic E-state index is 12.6. The Morgan fingerprint density at radius 3 is 1.21 bits per heavy atom. The van der Waals surface area contributed by atoms with Gasteiger partial charge >= 0.3 is 25.7 Å². The number of carbonyl (C=O) groups excluding carboxylic acids is 2. The highest BCUT2D eigenvalue weighted by molar-refractivity contribution is 7.47. The van der Waals surface area contributed by atoms with Crippen LogP contribution < -0.4 is 5.73 Å². The molecule has 0 fully saturated rings. The van der Waals surface area contributed by atoms with Crippen molar-refractivity contribution < 1.29 is 47.5 Å². The number of unbranched alkanes of at least 4 members (excludes halogenated alkanes) is 26. The first-order chi connectivity index (χ1) is 25.1. The monoisotopic (exact) mass is 764 g/mol. The lowest BCUT2D eigenvalue weighted by atomic mass is 10.0. The van der Waals surface area contributed by atoms with E-state index in [2.05, 4.69) is 18.4 Å². The van der Waals surface area contributed by atoms with Crippen LogP contribution in [-0.4, -0.2) is 59.9 Å². The van der Waals surface area contributed by atoms with Gasteiger partial charge in [0, 0.05) is 12.8 Å². The van der Waals surface area contributed by atoms with Crippen LogP contribution in [0.5, 0.6) is 0 Å². The molecule has 52 heavy (non-hydrogen) atoms. The van der Waals surface area contributed by atoms with E-state index in [1.807, 2.05) is 0 Å². The Morgan fingerprint density at radius 1 is 0.519 bits per heavy atom. The van der Waals surface area contributed by atoms with Crippen molar-refractivity contribution >= 4 is 25.7 Å². The summed E-state index contributed by atoms with van der Waals surface area (Å²) in [4.78, 5) is 45.8. The first-order valence-corrected chi connectivity index (χ1v) is 22.6. The maximum Gasteiger partial charge on any atom is 0.472 e.